The van der Waals surface area contributed by atoms with E-state index in [1.807, 2.05) is 0 Å². The van der Waals surface area contributed by atoms with Crippen molar-refractivity contribution in [1.82, 2.24) is 10.3 Å². The lowest BCUT2D eigenvalue weighted by atomic mass is 10.00. The number of hydrogen-bond donors (Lipinski definition) is 1. The number of hydrogen-bond acceptors (Lipinski definition) is 8. The Labute approximate surface area is 193 Å². The first-order valence-corrected chi connectivity index (χ1v) is 10.9. The molecule has 1 saturated carbocycles. The topological polar surface area (TPSA) is 109 Å². The van der Waals surface area contributed by atoms with E-state index in [0.29, 0.717) is 29.6 Å². The number of carbonyl (C=O) groups is 2. The summed E-state index contributed by atoms with van der Waals surface area (Å²) in [5, 5.41) is 2.74. The molecule has 1 aliphatic carbocycles. The lowest BCUT2D eigenvalue weighted by molar-refractivity contribution is 0.0450. The lowest BCUT2D eigenvalue weighted by Gasteiger charge is -2.27. The maximum atomic E-state index is 12.5. The molecule has 1 heterocycles. The molecule has 1 N–H and O–H groups in total. The molecule has 9 nitrogen and oxygen atoms in total. The predicted molar refractivity (Wildman–Crippen MR) is 120 cm³/mol. The summed E-state index contributed by atoms with van der Waals surface area (Å²) in [4.78, 5) is 29.2. The highest BCUT2D eigenvalue weighted by Crippen LogP contribution is 2.37. The molecular formula is C24H32N2O7. The van der Waals surface area contributed by atoms with Crippen molar-refractivity contribution in [2.45, 2.75) is 58.6 Å². The number of amides is 1. The van der Waals surface area contributed by atoms with Crippen molar-refractivity contribution in [3.8, 4) is 23.0 Å². The van der Waals surface area contributed by atoms with Gasteiger partial charge in [-0.2, -0.15) is 0 Å². The molecule has 1 aromatic heterocycles. The number of benzene rings is 1. The summed E-state index contributed by atoms with van der Waals surface area (Å²) >= 11 is 0. The average Bonchev–Trinajstić information content (AvgIpc) is 3.44. The molecule has 1 amide bonds. The molecule has 1 aliphatic rings. The minimum Gasteiger partial charge on any atom is -0.493 e. The van der Waals surface area contributed by atoms with Crippen molar-refractivity contribution in [3.05, 3.63) is 29.7 Å². The van der Waals surface area contributed by atoms with Crippen molar-refractivity contribution < 1.29 is 33.0 Å². The summed E-state index contributed by atoms with van der Waals surface area (Å²) in [6.45, 7) is 9.27. The Morgan fingerprint density at radius 2 is 1.82 bits per heavy atom. The van der Waals surface area contributed by atoms with Crippen LogP contribution in [0, 0.1) is 5.92 Å². The van der Waals surface area contributed by atoms with Gasteiger partial charge in [0, 0.05) is 5.56 Å². The van der Waals surface area contributed by atoms with E-state index in [9.17, 15) is 9.59 Å². The number of rotatable bonds is 8. The van der Waals surface area contributed by atoms with Crippen LogP contribution in [0.3, 0.4) is 0 Å². The fraction of sp³-hybridized carbons (Fsp3) is 0.542. The molecule has 0 saturated heterocycles. The molecule has 1 fully saturated rings. The summed E-state index contributed by atoms with van der Waals surface area (Å²) in [5.41, 5.74) is -1.25. The first-order valence-electron chi connectivity index (χ1n) is 10.9. The highest BCUT2D eigenvalue weighted by molar-refractivity contribution is 5.89. The van der Waals surface area contributed by atoms with E-state index in [4.69, 9.17) is 23.4 Å². The summed E-state index contributed by atoms with van der Waals surface area (Å²) in [5.74, 6) is 1.36. The smallest absolute Gasteiger partial charge is 0.408 e. The maximum Gasteiger partial charge on any atom is 0.408 e. The molecule has 0 radical (unpaired) electrons. The van der Waals surface area contributed by atoms with Crippen LogP contribution in [-0.4, -0.2) is 43.5 Å². The van der Waals surface area contributed by atoms with Gasteiger partial charge in [0.25, 0.3) is 0 Å². The second-order valence-corrected chi connectivity index (χ2v) is 9.56. The average molecular weight is 461 g/mol. The number of alkyl carbamates (subject to hydrolysis) is 1. The number of methoxy groups -OCH3 is 2. The number of ether oxygens (including phenoxy) is 4. The molecule has 3 rings (SSSR count). The molecule has 0 aliphatic heterocycles. The van der Waals surface area contributed by atoms with E-state index < -0.39 is 23.2 Å². The predicted octanol–water partition coefficient (Wildman–Crippen LogP) is 4.69. The Bertz CT molecular complexity index is 1020. The Hall–Kier alpha value is -3.23. The van der Waals surface area contributed by atoms with Crippen LogP contribution in [0.1, 0.15) is 63.7 Å². The van der Waals surface area contributed by atoms with E-state index in [1.165, 1.54) is 7.11 Å². The quantitative estimate of drug-likeness (QED) is 0.565. The zero-order chi connectivity index (χ0) is 24.4. The lowest BCUT2D eigenvalue weighted by Crippen LogP contribution is -2.44. The largest absolute Gasteiger partial charge is 0.493 e. The monoisotopic (exact) mass is 460 g/mol. The highest BCUT2D eigenvalue weighted by Gasteiger charge is 2.36. The summed E-state index contributed by atoms with van der Waals surface area (Å²) in [7, 11) is 2.83. The van der Waals surface area contributed by atoms with E-state index in [1.54, 1.807) is 59.9 Å². The molecule has 9 heteroatoms. The standard InChI is InChI=1S/C24H32N2O7/c1-23(2,3)33-22(28)26-24(4,5)19-18(21(27)30-7)25-20(32-19)15-10-11-16(29-6)17(12-15)31-13-14-8-9-14/h10-12,14H,8-9,13H2,1-7H3,(H,26,28). The number of esters is 1. The van der Waals surface area contributed by atoms with Crippen molar-refractivity contribution in [1.29, 1.82) is 0 Å². The van der Waals surface area contributed by atoms with E-state index in [-0.39, 0.29) is 17.3 Å². The normalized spacial score (nSPS) is 13.9. The summed E-state index contributed by atoms with van der Waals surface area (Å²) in [6.07, 6.45) is 1.67. The van der Waals surface area contributed by atoms with E-state index in [0.717, 1.165) is 12.8 Å². The molecule has 1 aromatic carbocycles. The fourth-order valence-corrected chi connectivity index (χ4v) is 3.13. The molecule has 180 valence electrons. The van der Waals surface area contributed by atoms with E-state index >= 15 is 0 Å². The van der Waals surface area contributed by atoms with E-state index in [2.05, 4.69) is 10.3 Å². The minimum atomic E-state index is -1.12. The van der Waals surface area contributed by atoms with Crippen LogP contribution in [0.4, 0.5) is 4.79 Å². The number of nitrogens with zero attached hydrogens (tertiary/aromatic N) is 1. The highest BCUT2D eigenvalue weighted by atomic mass is 16.6. The molecule has 0 atom stereocenters. The van der Waals surface area contributed by atoms with Crippen LogP contribution in [0.2, 0.25) is 0 Å². The molecule has 2 aromatic rings. The molecule has 33 heavy (non-hydrogen) atoms. The maximum absolute atomic E-state index is 12.5. The number of oxazole rings is 1. The summed E-state index contributed by atoms with van der Waals surface area (Å²) in [6, 6.07) is 5.27. The third kappa shape index (κ3) is 6.18. The van der Waals surface area contributed by atoms with Gasteiger partial charge in [-0.1, -0.05) is 0 Å². The van der Waals surface area contributed by atoms with Gasteiger partial charge in [0.1, 0.15) is 5.60 Å². The Morgan fingerprint density at radius 1 is 1.12 bits per heavy atom. The van der Waals surface area contributed by atoms with Gasteiger partial charge in [0.2, 0.25) is 5.89 Å². The first kappa shape index (κ1) is 24.4. The van der Waals surface area contributed by atoms with Gasteiger partial charge in [-0.25, -0.2) is 14.6 Å². The van der Waals surface area contributed by atoms with Crippen molar-refractivity contribution in [2.24, 2.45) is 5.92 Å². The van der Waals surface area contributed by atoms with Crippen molar-refractivity contribution in [2.75, 3.05) is 20.8 Å². The number of carbonyl (C=O) groups excluding carboxylic acids is 2. The van der Waals surface area contributed by atoms with Gasteiger partial charge < -0.3 is 28.7 Å². The number of nitrogens with one attached hydrogen (secondary N) is 1. The van der Waals surface area contributed by atoms with Crippen LogP contribution >= 0.6 is 0 Å². The number of aromatic nitrogens is 1. The molecule has 0 bridgehead atoms. The van der Waals surface area contributed by atoms with Gasteiger partial charge in [0.15, 0.2) is 23.0 Å². The van der Waals surface area contributed by atoms with Crippen molar-refractivity contribution in [3.63, 3.8) is 0 Å². The van der Waals surface area contributed by atoms with Crippen LogP contribution in [0.15, 0.2) is 22.6 Å². The van der Waals surface area contributed by atoms with Crippen LogP contribution in [0.5, 0.6) is 11.5 Å². The third-order valence-electron chi connectivity index (χ3n) is 4.97. The molecule has 0 spiro atoms. The van der Waals surface area contributed by atoms with Gasteiger partial charge in [0.05, 0.1) is 26.4 Å². The van der Waals surface area contributed by atoms with Crippen LogP contribution < -0.4 is 14.8 Å². The van der Waals surface area contributed by atoms with Gasteiger partial charge in [-0.05, 0) is 71.6 Å². The zero-order valence-electron chi connectivity index (χ0n) is 20.2. The van der Waals surface area contributed by atoms with Gasteiger partial charge >= 0.3 is 12.1 Å². The molecule has 0 unspecified atom stereocenters. The Balaban J connectivity index is 1.95. The summed E-state index contributed by atoms with van der Waals surface area (Å²) < 4.78 is 27.6. The molecular weight excluding hydrogens is 428 g/mol. The van der Waals surface area contributed by atoms with Gasteiger partial charge in [-0.3, -0.25) is 0 Å². The minimum absolute atomic E-state index is 0.0372. The van der Waals surface area contributed by atoms with Crippen LogP contribution in [0.25, 0.3) is 11.5 Å². The second kappa shape index (κ2) is 9.33. The Morgan fingerprint density at radius 3 is 2.39 bits per heavy atom. The Kier molecular flexibility index (Phi) is 6.90. The second-order valence-electron chi connectivity index (χ2n) is 9.56. The first-order chi connectivity index (χ1) is 15.4. The fourth-order valence-electron chi connectivity index (χ4n) is 3.13. The SMILES string of the molecule is COC(=O)c1nc(-c2ccc(OC)c(OCC3CC3)c2)oc1C(C)(C)NC(=O)OC(C)(C)C. The van der Waals surface area contributed by atoms with Crippen LogP contribution in [-0.2, 0) is 15.0 Å². The zero-order valence-corrected chi connectivity index (χ0v) is 20.2. The van der Waals surface area contributed by atoms with Gasteiger partial charge in [-0.15, -0.1) is 0 Å². The van der Waals surface area contributed by atoms with Crippen molar-refractivity contribution >= 4 is 12.1 Å². The third-order valence-corrected chi connectivity index (χ3v) is 4.97.